The van der Waals surface area contributed by atoms with Crippen LogP contribution in [0.5, 0.6) is 5.75 Å². The van der Waals surface area contributed by atoms with E-state index in [1.54, 1.807) is 25.1 Å². The van der Waals surface area contributed by atoms with E-state index >= 15 is 0 Å². The maximum atomic E-state index is 11.1. The zero-order valence-corrected chi connectivity index (χ0v) is 9.26. The predicted octanol–water partition coefficient (Wildman–Crippen LogP) is 2.61. The SMILES string of the molecule is C[C@H](C(=O)O)[C@H](c1cccc(O)c1)C1CC1. The van der Waals surface area contributed by atoms with Crippen LogP contribution in [-0.4, -0.2) is 16.2 Å². The van der Waals surface area contributed by atoms with Gasteiger partial charge in [-0.25, -0.2) is 0 Å². The number of phenolic OH excluding ortho intramolecular Hbond substituents is 1. The molecule has 1 fully saturated rings. The molecule has 1 saturated carbocycles. The summed E-state index contributed by atoms with van der Waals surface area (Å²) >= 11 is 0. The molecular formula is C13H16O3. The van der Waals surface area contributed by atoms with E-state index in [0.29, 0.717) is 5.92 Å². The molecule has 1 aromatic rings. The van der Waals surface area contributed by atoms with Gasteiger partial charge in [0.25, 0.3) is 0 Å². The summed E-state index contributed by atoms with van der Waals surface area (Å²) < 4.78 is 0. The number of phenols is 1. The molecule has 0 aromatic heterocycles. The number of carboxylic acids is 1. The fraction of sp³-hybridized carbons (Fsp3) is 0.462. The first-order chi connectivity index (χ1) is 7.59. The van der Waals surface area contributed by atoms with Crippen LogP contribution >= 0.6 is 0 Å². The third-order valence-corrected chi connectivity index (χ3v) is 3.31. The summed E-state index contributed by atoms with van der Waals surface area (Å²) in [4.78, 5) is 11.1. The molecule has 1 aliphatic rings. The summed E-state index contributed by atoms with van der Waals surface area (Å²) in [5.74, 6) is -0.451. The van der Waals surface area contributed by atoms with Crippen molar-refractivity contribution in [3.05, 3.63) is 29.8 Å². The topological polar surface area (TPSA) is 57.5 Å². The highest BCUT2D eigenvalue weighted by atomic mass is 16.4. The van der Waals surface area contributed by atoms with Gasteiger partial charge in [0.05, 0.1) is 5.92 Å². The van der Waals surface area contributed by atoms with E-state index < -0.39 is 11.9 Å². The highest BCUT2D eigenvalue weighted by Gasteiger charge is 2.38. The number of hydrogen-bond acceptors (Lipinski definition) is 2. The van der Waals surface area contributed by atoms with Crippen molar-refractivity contribution in [2.24, 2.45) is 11.8 Å². The summed E-state index contributed by atoms with van der Waals surface area (Å²) in [6.07, 6.45) is 2.19. The Morgan fingerprint density at radius 1 is 1.44 bits per heavy atom. The van der Waals surface area contributed by atoms with Crippen LogP contribution in [0.15, 0.2) is 24.3 Å². The Morgan fingerprint density at radius 3 is 2.62 bits per heavy atom. The van der Waals surface area contributed by atoms with E-state index in [1.807, 2.05) is 6.07 Å². The van der Waals surface area contributed by atoms with Crippen LogP contribution in [0.25, 0.3) is 0 Å². The summed E-state index contributed by atoms with van der Waals surface area (Å²) in [7, 11) is 0. The highest BCUT2D eigenvalue weighted by molar-refractivity contribution is 5.71. The van der Waals surface area contributed by atoms with Crippen molar-refractivity contribution in [1.29, 1.82) is 0 Å². The molecule has 1 aromatic carbocycles. The van der Waals surface area contributed by atoms with Gasteiger partial charge in [-0.2, -0.15) is 0 Å². The maximum absolute atomic E-state index is 11.1. The van der Waals surface area contributed by atoms with Crippen LogP contribution in [0.1, 0.15) is 31.2 Å². The summed E-state index contributed by atoms with van der Waals surface area (Å²) in [6.45, 7) is 1.75. The van der Waals surface area contributed by atoms with Crippen molar-refractivity contribution in [2.45, 2.75) is 25.7 Å². The van der Waals surface area contributed by atoms with Gasteiger partial charge in [-0.3, -0.25) is 4.79 Å². The van der Waals surface area contributed by atoms with E-state index in [4.69, 9.17) is 5.11 Å². The largest absolute Gasteiger partial charge is 0.508 e. The maximum Gasteiger partial charge on any atom is 0.306 e. The van der Waals surface area contributed by atoms with Gasteiger partial charge in [-0.1, -0.05) is 19.1 Å². The fourth-order valence-corrected chi connectivity index (χ4v) is 2.31. The number of carboxylic acid groups (broad SMARTS) is 1. The van der Waals surface area contributed by atoms with Crippen LogP contribution in [0, 0.1) is 11.8 Å². The van der Waals surface area contributed by atoms with Gasteiger partial charge < -0.3 is 10.2 Å². The summed E-state index contributed by atoms with van der Waals surface area (Å²) in [5, 5.41) is 18.5. The predicted molar refractivity (Wildman–Crippen MR) is 60.4 cm³/mol. The third kappa shape index (κ3) is 2.18. The summed E-state index contributed by atoms with van der Waals surface area (Å²) in [5.41, 5.74) is 0.942. The monoisotopic (exact) mass is 220 g/mol. The van der Waals surface area contributed by atoms with Gasteiger partial charge >= 0.3 is 5.97 Å². The van der Waals surface area contributed by atoms with E-state index in [2.05, 4.69) is 0 Å². The minimum atomic E-state index is -0.764. The van der Waals surface area contributed by atoms with E-state index in [-0.39, 0.29) is 11.7 Å². The fourth-order valence-electron chi connectivity index (χ4n) is 2.31. The first kappa shape index (κ1) is 11.0. The van der Waals surface area contributed by atoms with Crippen molar-refractivity contribution in [3.63, 3.8) is 0 Å². The van der Waals surface area contributed by atoms with Crippen molar-refractivity contribution < 1.29 is 15.0 Å². The average Bonchev–Trinajstić information content (AvgIpc) is 3.02. The van der Waals surface area contributed by atoms with Gasteiger partial charge in [0, 0.05) is 0 Å². The molecule has 3 heteroatoms. The number of carbonyl (C=O) groups is 1. The molecule has 0 heterocycles. The second-order valence-corrected chi connectivity index (χ2v) is 4.59. The zero-order valence-electron chi connectivity index (χ0n) is 9.26. The zero-order chi connectivity index (χ0) is 11.7. The van der Waals surface area contributed by atoms with Gasteiger partial charge in [-0.15, -0.1) is 0 Å². The standard InChI is InChI=1S/C13H16O3/c1-8(13(15)16)12(9-5-6-9)10-3-2-4-11(14)7-10/h2-4,7-9,12,14H,5-6H2,1H3,(H,15,16)/t8-,12-/m0/s1. The van der Waals surface area contributed by atoms with Crippen LogP contribution < -0.4 is 0 Å². The van der Waals surface area contributed by atoms with E-state index in [0.717, 1.165) is 18.4 Å². The first-order valence-corrected chi connectivity index (χ1v) is 5.61. The molecule has 0 saturated heterocycles. The molecule has 2 N–H and O–H groups in total. The Kier molecular flexibility index (Phi) is 2.86. The molecular weight excluding hydrogens is 204 g/mol. The molecule has 0 radical (unpaired) electrons. The molecule has 3 nitrogen and oxygen atoms in total. The second kappa shape index (κ2) is 4.16. The van der Waals surface area contributed by atoms with Gasteiger partial charge in [0.2, 0.25) is 0 Å². The number of benzene rings is 1. The molecule has 0 spiro atoms. The highest BCUT2D eigenvalue weighted by Crippen LogP contribution is 2.47. The Hall–Kier alpha value is -1.51. The first-order valence-electron chi connectivity index (χ1n) is 5.61. The number of aliphatic carboxylic acids is 1. The lowest BCUT2D eigenvalue weighted by Crippen LogP contribution is -2.20. The van der Waals surface area contributed by atoms with Crippen LogP contribution in [0.2, 0.25) is 0 Å². The van der Waals surface area contributed by atoms with Crippen molar-refractivity contribution >= 4 is 5.97 Å². The van der Waals surface area contributed by atoms with Crippen LogP contribution in [-0.2, 0) is 4.79 Å². The van der Waals surface area contributed by atoms with E-state index in [9.17, 15) is 9.90 Å². The minimum Gasteiger partial charge on any atom is -0.508 e. The van der Waals surface area contributed by atoms with Crippen molar-refractivity contribution in [3.8, 4) is 5.75 Å². The number of aromatic hydroxyl groups is 1. The van der Waals surface area contributed by atoms with Crippen LogP contribution in [0.3, 0.4) is 0 Å². The average molecular weight is 220 g/mol. The van der Waals surface area contributed by atoms with Gasteiger partial charge in [0.1, 0.15) is 5.75 Å². The van der Waals surface area contributed by atoms with Crippen molar-refractivity contribution in [1.82, 2.24) is 0 Å². The van der Waals surface area contributed by atoms with Crippen molar-refractivity contribution in [2.75, 3.05) is 0 Å². The third-order valence-electron chi connectivity index (χ3n) is 3.31. The molecule has 0 unspecified atom stereocenters. The Labute approximate surface area is 94.7 Å². The molecule has 0 amide bonds. The number of hydrogen-bond donors (Lipinski definition) is 2. The Balaban J connectivity index is 2.28. The molecule has 2 atom stereocenters. The molecule has 0 bridgehead atoms. The minimum absolute atomic E-state index is 0.0320. The number of rotatable bonds is 4. The van der Waals surface area contributed by atoms with Crippen LogP contribution in [0.4, 0.5) is 0 Å². The lowest BCUT2D eigenvalue weighted by molar-refractivity contribution is -0.142. The van der Waals surface area contributed by atoms with Gasteiger partial charge in [0.15, 0.2) is 0 Å². The lowest BCUT2D eigenvalue weighted by Gasteiger charge is -2.21. The Morgan fingerprint density at radius 2 is 2.12 bits per heavy atom. The second-order valence-electron chi connectivity index (χ2n) is 4.59. The van der Waals surface area contributed by atoms with E-state index in [1.165, 1.54) is 0 Å². The Bertz CT molecular complexity index is 396. The molecule has 1 aliphatic carbocycles. The molecule has 16 heavy (non-hydrogen) atoms. The smallest absolute Gasteiger partial charge is 0.306 e. The quantitative estimate of drug-likeness (QED) is 0.820. The summed E-state index contributed by atoms with van der Waals surface area (Å²) in [6, 6.07) is 6.97. The molecule has 86 valence electrons. The molecule has 0 aliphatic heterocycles. The molecule has 2 rings (SSSR count). The van der Waals surface area contributed by atoms with Gasteiger partial charge in [-0.05, 0) is 42.4 Å². The lowest BCUT2D eigenvalue weighted by atomic mass is 9.83. The normalized spacial score (nSPS) is 19.1.